The molecule has 1 aromatic heterocycles. The lowest BCUT2D eigenvalue weighted by molar-refractivity contribution is -0.116. The van der Waals surface area contributed by atoms with Crippen molar-refractivity contribution in [3.05, 3.63) is 81.1 Å². The summed E-state index contributed by atoms with van der Waals surface area (Å²) in [5, 5.41) is 7.94. The predicted octanol–water partition coefficient (Wildman–Crippen LogP) is 4.60. The van der Waals surface area contributed by atoms with Gasteiger partial charge in [0.1, 0.15) is 0 Å². The number of hydrogen-bond acceptors (Lipinski definition) is 3. The van der Waals surface area contributed by atoms with Gasteiger partial charge in [-0.25, -0.2) is 4.68 Å². The summed E-state index contributed by atoms with van der Waals surface area (Å²) in [6.45, 7) is 4.42. The van der Waals surface area contributed by atoms with Crippen LogP contribution in [0.1, 0.15) is 24.0 Å². The first-order valence-corrected chi connectivity index (χ1v) is 9.51. The highest BCUT2D eigenvalue weighted by Gasteiger charge is 2.07. The van der Waals surface area contributed by atoms with Crippen molar-refractivity contribution in [2.75, 3.05) is 5.32 Å². The Morgan fingerprint density at radius 1 is 1.04 bits per heavy atom. The van der Waals surface area contributed by atoms with E-state index in [1.54, 1.807) is 18.2 Å². The summed E-state index contributed by atoms with van der Waals surface area (Å²) in [4.78, 5) is 24.2. The highest BCUT2D eigenvalue weighted by Crippen LogP contribution is 2.18. The fourth-order valence-corrected chi connectivity index (χ4v) is 2.94. The molecule has 0 aliphatic rings. The van der Waals surface area contributed by atoms with Gasteiger partial charge in [-0.15, -0.1) is 0 Å². The molecule has 0 radical (unpaired) electrons. The summed E-state index contributed by atoms with van der Waals surface area (Å²) in [5.41, 5.74) is 4.48. The Kier molecular flexibility index (Phi) is 6.26. The van der Waals surface area contributed by atoms with E-state index in [0.717, 1.165) is 16.8 Å². The van der Waals surface area contributed by atoms with E-state index in [-0.39, 0.29) is 11.5 Å². The summed E-state index contributed by atoms with van der Waals surface area (Å²) in [5.74, 6) is -0.0786. The lowest BCUT2D eigenvalue weighted by Crippen LogP contribution is -2.23. The van der Waals surface area contributed by atoms with Crippen LogP contribution in [0.3, 0.4) is 0 Å². The smallest absolute Gasteiger partial charge is 0.266 e. The topological polar surface area (TPSA) is 64.0 Å². The number of amides is 1. The molecule has 2 aromatic carbocycles. The minimum Gasteiger partial charge on any atom is -0.326 e. The van der Waals surface area contributed by atoms with Crippen LogP contribution in [-0.2, 0) is 11.3 Å². The molecule has 0 fully saturated rings. The number of carbonyl (C=O) groups excluding carboxylic acids is 1. The summed E-state index contributed by atoms with van der Waals surface area (Å²) < 4.78 is 1.40. The van der Waals surface area contributed by atoms with Gasteiger partial charge in [0.2, 0.25) is 5.91 Å². The van der Waals surface area contributed by atoms with Gasteiger partial charge in [0.15, 0.2) is 0 Å². The van der Waals surface area contributed by atoms with Crippen LogP contribution in [0.25, 0.3) is 11.3 Å². The molecular weight excluding hydrogens is 374 g/mol. The van der Waals surface area contributed by atoms with Gasteiger partial charge in [-0.1, -0.05) is 29.8 Å². The monoisotopic (exact) mass is 395 g/mol. The molecule has 6 heteroatoms. The van der Waals surface area contributed by atoms with E-state index in [2.05, 4.69) is 10.4 Å². The Bertz CT molecular complexity index is 1040. The van der Waals surface area contributed by atoms with Gasteiger partial charge < -0.3 is 5.32 Å². The highest BCUT2D eigenvalue weighted by molar-refractivity contribution is 6.30. The normalized spacial score (nSPS) is 10.7. The SMILES string of the molecule is Cc1ccc(NC(=O)CCCn2nc(-c3ccc(Cl)cc3)ccc2=O)cc1C. The third kappa shape index (κ3) is 5.08. The Labute approximate surface area is 169 Å². The molecule has 1 heterocycles. The van der Waals surface area contributed by atoms with Gasteiger partial charge in [-0.05, 0) is 61.7 Å². The molecule has 0 atom stereocenters. The van der Waals surface area contributed by atoms with Crippen molar-refractivity contribution in [1.29, 1.82) is 0 Å². The Morgan fingerprint density at radius 3 is 2.50 bits per heavy atom. The second-order valence-corrected chi connectivity index (χ2v) is 7.17. The molecule has 0 saturated carbocycles. The molecule has 28 heavy (non-hydrogen) atoms. The minimum absolute atomic E-state index is 0.0786. The molecule has 0 aliphatic heterocycles. The van der Waals surface area contributed by atoms with Gasteiger partial charge in [0.05, 0.1) is 5.69 Å². The van der Waals surface area contributed by atoms with Crippen molar-refractivity contribution in [1.82, 2.24) is 9.78 Å². The predicted molar refractivity (Wildman–Crippen MR) is 113 cm³/mol. The molecular formula is C22H22ClN3O2. The number of anilines is 1. The molecule has 0 saturated heterocycles. The van der Waals surface area contributed by atoms with Crippen LogP contribution in [0.15, 0.2) is 59.4 Å². The minimum atomic E-state index is -0.188. The van der Waals surface area contributed by atoms with Crippen LogP contribution >= 0.6 is 11.6 Å². The van der Waals surface area contributed by atoms with Crippen molar-refractivity contribution >= 4 is 23.2 Å². The number of aromatic nitrogens is 2. The maximum absolute atomic E-state index is 12.2. The number of carbonyl (C=O) groups is 1. The molecule has 3 rings (SSSR count). The standard InChI is InChI=1S/C22H22ClN3O2/c1-15-5-10-19(14-16(15)2)24-21(27)4-3-13-26-22(28)12-11-20(25-26)17-6-8-18(23)9-7-17/h5-12,14H,3-4,13H2,1-2H3,(H,24,27). The number of halogens is 1. The molecule has 3 aromatic rings. The van der Waals surface area contributed by atoms with Crippen LogP contribution < -0.4 is 10.9 Å². The molecule has 0 bridgehead atoms. The maximum Gasteiger partial charge on any atom is 0.266 e. The van der Waals surface area contributed by atoms with Gasteiger partial charge in [0.25, 0.3) is 5.56 Å². The molecule has 0 unspecified atom stereocenters. The second-order valence-electron chi connectivity index (χ2n) is 6.74. The largest absolute Gasteiger partial charge is 0.326 e. The average molecular weight is 396 g/mol. The number of nitrogens with one attached hydrogen (secondary N) is 1. The summed E-state index contributed by atoms with van der Waals surface area (Å²) >= 11 is 5.91. The number of rotatable bonds is 6. The van der Waals surface area contributed by atoms with E-state index in [1.807, 2.05) is 44.2 Å². The third-order valence-corrected chi connectivity index (χ3v) is 4.82. The Morgan fingerprint density at radius 2 is 1.79 bits per heavy atom. The Hall–Kier alpha value is -2.92. The van der Waals surface area contributed by atoms with Crippen LogP contribution in [0.5, 0.6) is 0 Å². The van der Waals surface area contributed by atoms with Crippen molar-refractivity contribution in [3.8, 4) is 11.3 Å². The second kappa shape index (κ2) is 8.85. The van der Waals surface area contributed by atoms with Crippen molar-refractivity contribution in [3.63, 3.8) is 0 Å². The quantitative estimate of drug-likeness (QED) is 0.663. The number of nitrogens with zero attached hydrogens (tertiary/aromatic N) is 2. The van der Waals surface area contributed by atoms with E-state index in [9.17, 15) is 9.59 Å². The average Bonchev–Trinajstić information content (AvgIpc) is 2.67. The van der Waals surface area contributed by atoms with E-state index in [1.165, 1.54) is 16.3 Å². The lowest BCUT2D eigenvalue weighted by Gasteiger charge is -2.09. The summed E-state index contributed by atoms with van der Waals surface area (Å²) in [6.07, 6.45) is 0.833. The number of aryl methyl sites for hydroxylation is 3. The van der Waals surface area contributed by atoms with Gasteiger partial charge in [-0.2, -0.15) is 5.10 Å². The van der Waals surface area contributed by atoms with Crippen LogP contribution in [0, 0.1) is 13.8 Å². The van der Waals surface area contributed by atoms with Crippen LogP contribution in [-0.4, -0.2) is 15.7 Å². The van der Waals surface area contributed by atoms with Gasteiger partial charge in [-0.3, -0.25) is 9.59 Å². The first kappa shape index (κ1) is 19.8. The number of hydrogen-bond donors (Lipinski definition) is 1. The van der Waals surface area contributed by atoms with E-state index in [4.69, 9.17) is 11.6 Å². The first-order valence-electron chi connectivity index (χ1n) is 9.13. The zero-order valence-corrected chi connectivity index (χ0v) is 16.7. The van der Waals surface area contributed by atoms with Gasteiger partial charge >= 0.3 is 0 Å². The summed E-state index contributed by atoms with van der Waals surface area (Å²) in [6, 6.07) is 16.3. The fraction of sp³-hybridized carbons (Fsp3) is 0.227. The lowest BCUT2D eigenvalue weighted by atomic mass is 10.1. The Balaban J connectivity index is 1.60. The van der Waals surface area contributed by atoms with E-state index < -0.39 is 0 Å². The zero-order valence-electron chi connectivity index (χ0n) is 15.9. The van der Waals surface area contributed by atoms with Crippen molar-refractivity contribution < 1.29 is 4.79 Å². The fourth-order valence-electron chi connectivity index (χ4n) is 2.82. The van der Waals surface area contributed by atoms with Crippen LogP contribution in [0.2, 0.25) is 5.02 Å². The van der Waals surface area contributed by atoms with Crippen LogP contribution in [0.4, 0.5) is 5.69 Å². The first-order chi connectivity index (χ1) is 13.4. The molecule has 5 nitrogen and oxygen atoms in total. The third-order valence-electron chi connectivity index (χ3n) is 4.57. The highest BCUT2D eigenvalue weighted by atomic mass is 35.5. The zero-order chi connectivity index (χ0) is 20.1. The van der Waals surface area contributed by atoms with E-state index in [0.29, 0.717) is 30.1 Å². The molecule has 0 spiro atoms. The molecule has 0 aliphatic carbocycles. The van der Waals surface area contributed by atoms with Crippen molar-refractivity contribution in [2.24, 2.45) is 0 Å². The molecule has 144 valence electrons. The molecule has 1 amide bonds. The van der Waals surface area contributed by atoms with E-state index >= 15 is 0 Å². The maximum atomic E-state index is 12.2. The summed E-state index contributed by atoms with van der Waals surface area (Å²) in [7, 11) is 0. The molecule has 1 N–H and O–H groups in total. The van der Waals surface area contributed by atoms with Crippen molar-refractivity contribution in [2.45, 2.75) is 33.2 Å². The van der Waals surface area contributed by atoms with Gasteiger partial charge in [0, 0.05) is 35.3 Å². The number of benzene rings is 2.